The van der Waals surface area contributed by atoms with Crippen LogP contribution in [0.15, 0.2) is 6.07 Å². The first-order chi connectivity index (χ1) is 5.93. The van der Waals surface area contributed by atoms with Gasteiger partial charge in [-0.05, 0) is 0 Å². The van der Waals surface area contributed by atoms with Gasteiger partial charge in [-0.2, -0.15) is 0 Å². The third-order valence-corrected chi connectivity index (χ3v) is 6.91. The summed E-state index contributed by atoms with van der Waals surface area (Å²) in [6, 6.07) is 1.98. The molecule has 0 aliphatic rings. The molecule has 1 aromatic heterocycles. The summed E-state index contributed by atoms with van der Waals surface area (Å²) in [5, 5.41) is 0. The van der Waals surface area contributed by atoms with Gasteiger partial charge in [-0.1, -0.05) is 0 Å². The van der Waals surface area contributed by atoms with Crippen LogP contribution >= 0.6 is 0 Å². The Morgan fingerprint density at radius 1 is 1.23 bits per heavy atom. The summed E-state index contributed by atoms with van der Waals surface area (Å²) >= 11 is -2.05. The summed E-state index contributed by atoms with van der Waals surface area (Å²) in [6.45, 7) is 1.91. The fourth-order valence-electron chi connectivity index (χ4n) is 1.03. The van der Waals surface area contributed by atoms with E-state index < -0.39 is 18.4 Å². The van der Waals surface area contributed by atoms with Crippen molar-refractivity contribution in [2.45, 2.75) is 21.7 Å². The molecule has 0 bridgehead atoms. The first-order valence-electron chi connectivity index (χ1n) is 4.33. The zero-order valence-electron chi connectivity index (χ0n) is 8.88. The molecule has 0 fully saturated rings. The van der Waals surface area contributed by atoms with E-state index in [9.17, 15) is 0 Å². The van der Waals surface area contributed by atoms with Crippen LogP contribution in [0, 0.1) is 6.92 Å². The van der Waals surface area contributed by atoms with Crippen molar-refractivity contribution in [3.05, 3.63) is 11.9 Å². The second-order valence-electron chi connectivity index (χ2n) is 4.09. The molecule has 0 atom stereocenters. The molecule has 0 saturated carbocycles. The maximum atomic E-state index is 5.11. The number of methoxy groups -OCH3 is 1. The van der Waals surface area contributed by atoms with E-state index in [2.05, 4.69) is 24.8 Å². The van der Waals surface area contributed by atoms with Gasteiger partial charge in [0.25, 0.3) is 0 Å². The number of aryl methyl sites for hydroxylation is 1. The van der Waals surface area contributed by atoms with Crippen LogP contribution in [-0.2, 0) is 0 Å². The van der Waals surface area contributed by atoms with E-state index in [4.69, 9.17) is 4.74 Å². The summed E-state index contributed by atoms with van der Waals surface area (Å²) in [5.41, 5.74) is 0. The summed E-state index contributed by atoms with van der Waals surface area (Å²) in [5.74, 6) is 1.50. The molecular weight excluding hydrogens is 271 g/mol. The molecule has 0 aromatic carbocycles. The molecule has 0 N–H and O–H groups in total. The molecule has 1 aromatic rings. The van der Waals surface area contributed by atoms with Crippen molar-refractivity contribution in [3.8, 4) is 5.88 Å². The molecule has 0 amide bonds. The molecule has 0 spiro atoms. The van der Waals surface area contributed by atoms with Gasteiger partial charge in [-0.3, -0.25) is 0 Å². The predicted molar refractivity (Wildman–Crippen MR) is 56.3 cm³/mol. The molecular formula is C9H16N2OSn. The Balaban J connectivity index is 3.16. The molecule has 0 aliphatic heterocycles. The zero-order chi connectivity index (χ0) is 10.1. The molecule has 0 saturated heterocycles. The van der Waals surface area contributed by atoms with Crippen LogP contribution in [0.2, 0.25) is 14.8 Å². The van der Waals surface area contributed by atoms with Gasteiger partial charge in [0, 0.05) is 0 Å². The van der Waals surface area contributed by atoms with Crippen LogP contribution in [0.3, 0.4) is 0 Å². The first kappa shape index (κ1) is 10.8. The fraction of sp³-hybridized carbons (Fsp3) is 0.556. The van der Waals surface area contributed by atoms with Crippen molar-refractivity contribution in [2.75, 3.05) is 7.11 Å². The van der Waals surface area contributed by atoms with E-state index in [0.717, 1.165) is 5.82 Å². The average Bonchev–Trinajstić information content (AvgIpc) is 2.01. The normalized spacial score (nSPS) is 11.5. The predicted octanol–water partition coefficient (Wildman–Crippen LogP) is 1.34. The van der Waals surface area contributed by atoms with E-state index in [1.165, 1.54) is 3.71 Å². The molecule has 0 radical (unpaired) electrons. The van der Waals surface area contributed by atoms with Gasteiger partial charge in [-0.15, -0.1) is 0 Å². The van der Waals surface area contributed by atoms with Crippen molar-refractivity contribution in [1.29, 1.82) is 0 Å². The van der Waals surface area contributed by atoms with Gasteiger partial charge in [0.1, 0.15) is 0 Å². The Morgan fingerprint density at radius 3 is 2.31 bits per heavy atom. The zero-order valence-corrected chi connectivity index (χ0v) is 11.7. The van der Waals surface area contributed by atoms with Crippen molar-refractivity contribution < 1.29 is 4.74 Å². The van der Waals surface area contributed by atoms with Gasteiger partial charge in [0.2, 0.25) is 0 Å². The standard InChI is InChI=1S/C6H7N2O.3CH3.Sn/c1-5-7-4-3-6(8-5)9-2;;;;/h3H,1-2H3;3*1H3;. The molecule has 4 heteroatoms. The molecule has 0 aliphatic carbocycles. The summed E-state index contributed by atoms with van der Waals surface area (Å²) in [4.78, 5) is 15.6. The van der Waals surface area contributed by atoms with Crippen molar-refractivity contribution in [2.24, 2.45) is 0 Å². The Morgan fingerprint density at radius 2 is 1.85 bits per heavy atom. The molecule has 0 unspecified atom stereocenters. The van der Waals surface area contributed by atoms with Crippen LogP contribution in [0.1, 0.15) is 5.82 Å². The van der Waals surface area contributed by atoms with Crippen LogP contribution in [0.25, 0.3) is 0 Å². The maximum absolute atomic E-state index is 5.11. The van der Waals surface area contributed by atoms with E-state index in [1.54, 1.807) is 7.11 Å². The Kier molecular flexibility index (Phi) is 3.16. The third-order valence-electron chi connectivity index (χ3n) is 1.79. The topological polar surface area (TPSA) is 35.0 Å². The fourth-order valence-corrected chi connectivity index (χ4v) is 4.04. The van der Waals surface area contributed by atoms with Crippen LogP contribution in [0.5, 0.6) is 5.88 Å². The number of hydrogen-bond donors (Lipinski definition) is 0. The number of aromatic nitrogens is 2. The first-order valence-corrected chi connectivity index (χ1v) is 14.3. The van der Waals surface area contributed by atoms with E-state index in [1.807, 2.05) is 13.0 Å². The second-order valence-corrected chi connectivity index (χ2v) is 18.4. The number of nitrogens with zero attached hydrogens (tertiary/aromatic N) is 2. The third kappa shape index (κ3) is 2.83. The van der Waals surface area contributed by atoms with E-state index >= 15 is 0 Å². The SMILES string of the molecule is COc1c[c]([Sn]([CH3])([CH3])[CH3])nc(C)n1. The average molecular weight is 287 g/mol. The molecule has 72 valence electrons. The van der Waals surface area contributed by atoms with Crippen LogP contribution in [0.4, 0.5) is 0 Å². The number of rotatable bonds is 2. The Labute approximate surface area is 83.4 Å². The molecule has 13 heavy (non-hydrogen) atoms. The minimum absolute atomic E-state index is 0.689. The Hall–Kier alpha value is -0.321. The Bertz CT molecular complexity index is 307. The van der Waals surface area contributed by atoms with Crippen molar-refractivity contribution >= 4 is 22.1 Å². The van der Waals surface area contributed by atoms with Gasteiger partial charge in [0.15, 0.2) is 0 Å². The van der Waals surface area contributed by atoms with Crippen molar-refractivity contribution in [1.82, 2.24) is 9.97 Å². The summed E-state index contributed by atoms with van der Waals surface area (Å²) < 4.78 is 6.33. The van der Waals surface area contributed by atoms with Crippen LogP contribution in [-0.4, -0.2) is 35.5 Å². The molecule has 3 nitrogen and oxygen atoms in total. The quantitative estimate of drug-likeness (QED) is 0.770. The van der Waals surface area contributed by atoms with Gasteiger partial charge < -0.3 is 0 Å². The number of hydrogen-bond acceptors (Lipinski definition) is 3. The second kappa shape index (κ2) is 3.82. The summed E-state index contributed by atoms with van der Waals surface area (Å²) in [6.07, 6.45) is 0. The van der Waals surface area contributed by atoms with E-state index in [-0.39, 0.29) is 0 Å². The van der Waals surface area contributed by atoms with Gasteiger partial charge >= 0.3 is 83.4 Å². The van der Waals surface area contributed by atoms with Gasteiger partial charge in [-0.25, -0.2) is 0 Å². The van der Waals surface area contributed by atoms with Gasteiger partial charge in [0.05, 0.1) is 0 Å². The summed E-state index contributed by atoms with van der Waals surface area (Å²) in [7, 11) is 1.64. The monoisotopic (exact) mass is 288 g/mol. The number of ether oxygens (including phenoxy) is 1. The molecule has 1 heterocycles. The van der Waals surface area contributed by atoms with Crippen molar-refractivity contribution in [3.63, 3.8) is 0 Å². The van der Waals surface area contributed by atoms with E-state index in [0.29, 0.717) is 5.88 Å². The van der Waals surface area contributed by atoms with Crippen LogP contribution < -0.4 is 8.45 Å². The molecule has 1 rings (SSSR count). The minimum atomic E-state index is -2.05.